The average Bonchev–Trinajstić information content (AvgIpc) is 3.08. The molecule has 1 amide bonds. The molecule has 2 aromatic rings. The largest absolute Gasteiger partial charge is 0.382 e. The Labute approximate surface area is 204 Å². The molecule has 2 saturated heterocycles. The molecule has 2 aliphatic heterocycles. The summed E-state index contributed by atoms with van der Waals surface area (Å²) < 4.78 is 7.59. The number of hydrogen-bond donors (Lipinski definition) is 0. The monoisotopic (exact) mass is 486 g/mol. The first kappa shape index (κ1) is 23.9. The Kier molecular flexibility index (Phi) is 7.53. The van der Waals surface area contributed by atoms with Crippen LogP contribution in [0.25, 0.3) is 17.0 Å². The van der Waals surface area contributed by atoms with Crippen LogP contribution in [0.3, 0.4) is 0 Å². The number of amides is 1. The van der Waals surface area contributed by atoms with Crippen LogP contribution in [0.5, 0.6) is 0 Å². The maximum Gasteiger partial charge on any atom is 0.266 e. The highest BCUT2D eigenvalue weighted by atomic mass is 32.2. The van der Waals surface area contributed by atoms with Gasteiger partial charge in [-0.25, -0.2) is 0 Å². The molecule has 0 aliphatic carbocycles. The average molecular weight is 487 g/mol. The zero-order valence-electron chi connectivity index (χ0n) is 19.4. The van der Waals surface area contributed by atoms with E-state index in [-0.39, 0.29) is 11.5 Å². The number of benzene rings is 1. The first-order chi connectivity index (χ1) is 15.9. The zero-order chi connectivity index (χ0) is 23.5. The van der Waals surface area contributed by atoms with Gasteiger partial charge in [-0.2, -0.15) is 0 Å². The number of nitrogens with zero attached hydrogens (tertiary/aromatic N) is 4. The number of fused-ring (bicyclic) bond motifs is 1. The van der Waals surface area contributed by atoms with Gasteiger partial charge in [0.05, 0.1) is 21.7 Å². The molecule has 2 fully saturated rings. The van der Waals surface area contributed by atoms with Crippen molar-refractivity contribution in [1.82, 2.24) is 14.4 Å². The smallest absolute Gasteiger partial charge is 0.266 e. The SMILES string of the molecule is CCOCCCN1C(=O)C(=Cc2c(N3CCN(C)CC3)c3ccccc3n(C)c2=O)SC1=S. The van der Waals surface area contributed by atoms with Crippen LogP contribution < -0.4 is 10.5 Å². The van der Waals surface area contributed by atoms with Crippen molar-refractivity contribution in [2.24, 2.45) is 7.05 Å². The molecule has 33 heavy (non-hydrogen) atoms. The van der Waals surface area contributed by atoms with Crippen LogP contribution in [0.4, 0.5) is 5.69 Å². The number of thioether (sulfide) groups is 1. The van der Waals surface area contributed by atoms with Gasteiger partial charge in [-0.15, -0.1) is 0 Å². The van der Waals surface area contributed by atoms with E-state index in [0.717, 1.165) is 49.2 Å². The molecular weight excluding hydrogens is 456 g/mol. The first-order valence-corrected chi connectivity index (χ1v) is 12.5. The third kappa shape index (κ3) is 4.87. The summed E-state index contributed by atoms with van der Waals surface area (Å²) in [5.74, 6) is -0.138. The minimum atomic E-state index is -0.138. The van der Waals surface area contributed by atoms with Crippen molar-refractivity contribution in [2.45, 2.75) is 13.3 Å². The van der Waals surface area contributed by atoms with Crippen LogP contribution in [0.2, 0.25) is 0 Å². The second kappa shape index (κ2) is 10.4. The summed E-state index contributed by atoms with van der Waals surface area (Å²) >= 11 is 6.75. The zero-order valence-corrected chi connectivity index (χ0v) is 21.0. The van der Waals surface area contributed by atoms with Gasteiger partial charge in [0.25, 0.3) is 11.5 Å². The van der Waals surface area contributed by atoms with Gasteiger partial charge in [-0.1, -0.05) is 42.2 Å². The number of ether oxygens (including phenoxy) is 1. The fourth-order valence-corrected chi connectivity index (χ4v) is 5.59. The molecule has 9 heteroatoms. The maximum absolute atomic E-state index is 13.5. The Hall–Kier alpha value is -2.20. The van der Waals surface area contributed by atoms with Crippen LogP contribution in [0.15, 0.2) is 34.0 Å². The predicted octanol–water partition coefficient (Wildman–Crippen LogP) is 2.92. The molecule has 0 spiro atoms. The fraction of sp³-hybridized carbons (Fsp3) is 0.458. The van der Waals surface area contributed by atoms with Gasteiger partial charge in [0.1, 0.15) is 4.32 Å². The summed E-state index contributed by atoms with van der Waals surface area (Å²) in [5.41, 5.74) is 2.24. The van der Waals surface area contributed by atoms with Gasteiger partial charge in [-0.3, -0.25) is 14.5 Å². The topological polar surface area (TPSA) is 58.0 Å². The van der Waals surface area contributed by atoms with Crippen LogP contribution in [0, 0.1) is 0 Å². The van der Waals surface area contributed by atoms with Gasteiger partial charge in [0.2, 0.25) is 0 Å². The molecule has 0 unspecified atom stereocenters. The fourth-order valence-electron chi connectivity index (χ4n) is 4.30. The Balaban J connectivity index is 1.76. The normalized spacial score (nSPS) is 18.8. The minimum Gasteiger partial charge on any atom is -0.382 e. The van der Waals surface area contributed by atoms with E-state index in [1.807, 2.05) is 25.1 Å². The highest BCUT2D eigenvalue weighted by Gasteiger charge is 2.33. The van der Waals surface area contributed by atoms with E-state index < -0.39 is 0 Å². The summed E-state index contributed by atoms with van der Waals surface area (Å²) in [7, 11) is 3.89. The summed E-state index contributed by atoms with van der Waals surface area (Å²) in [6, 6.07) is 7.97. The number of pyridine rings is 1. The Morgan fingerprint density at radius 2 is 1.85 bits per heavy atom. The molecule has 0 radical (unpaired) electrons. The van der Waals surface area contributed by atoms with E-state index in [9.17, 15) is 9.59 Å². The molecule has 4 rings (SSSR count). The minimum absolute atomic E-state index is 0.107. The Bertz CT molecular complexity index is 1150. The lowest BCUT2D eigenvalue weighted by Gasteiger charge is -2.35. The number of hydrogen-bond acceptors (Lipinski definition) is 7. The highest BCUT2D eigenvalue weighted by molar-refractivity contribution is 8.26. The van der Waals surface area contributed by atoms with Crippen molar-refractivity contribution in [3.63, 3.8) is 0 Å². The first-order valence-electron chi connectivity index (χ1n) is 11.3. The molecular formula is C24H30N4O3S2. The van der Waals surface area contributed by atoms with Crippen LogP contribution >= 0.6 is 24.0 Å². The van der Waals surface area contributed by atoms with E-state index in [2.05, 4.69) is 22.9 Å². The highest BCUT2D eigenvalue weighted by Crippen LogP contribution is 2.36. The molecule has 0 bridgehead atoms. The van der Waals surface area contributed by atoms with Gasteiger partial charge in [0, 0.05) is 58.4 Å². The van der Waals surface area contributed by atoms with Gasteiger partial charge >= 0.3 is 0 Å². The predicted molar refractivity (Wildman–Crippen MR) is 140 cm³/mol. The van der Waals surface area contributed by atoms with Crippen molar-refractivity contribution in [3.8, 4) is 0 Å². The second-order valence-electron chi connectivity index (χ2n) is 8.32. The van der Waals surface area contributed by atoms with Crippen LogP contribution in [-0.4, -0.2) is 77.6 Å². The summed E-state index contributed by atoms with van der Waals surface area (Å²) in [4.78, 5) is 33.3. The van der Waals surface area contributed by atoms with Crippen LogP contribution in [0.1, 0.15) is 18.9 Å². The molecule has 7 nitrogen and oxygen atoms in total. The van der Waals surface area contributed by atoms with Crippen molar-refractivity contribution in [3.05, 3.63) is 45.1 Å². The third-order valence-electron chi connectivity index (χ3n) is 6.15. The van der Waals surface area contributed by atoms with E-state index in [4.69, 9.17) is 17.0 Å². The number of aromatic nitrogens is 1. The van der Waals surface area contributed by atoms with Crippen molar-refractivity contribution in [2.75, 3.05) is 57.9 Å². The Morgan fingerprint density at radius 1 is 1.12 bits per heavy atom. The number of para-hydroxylation sites is 1. The van der Waals surface area contributed by atoms with Crippen molar-refractivity contribution < 1.29 is 9.53 Å². The molecule has 1 aromatic carbocycles. The van der Waals surface area contributed by atoms with Gasteiger partial charge < -0.3 is 19.1 Å². The number of anilines is 1. The number of aryl methyl sites for hydroxylation is 1. The Morgan fingerprint density at radius 3 is 2.58 bits per heavy atom. The molecule has 0 atom stereocenters. The lowest BCUT2D eigenvalue weighted by Crippen LogP contribution is -2.45. The maximum atomic E-state index is 13.5. The third-order valence-corrected chi connectivity index (χ3v) is 7.53. The second-order valence-corrected chi connectivity index (χ2v) is 9.99. The summed E-state index contributed by atoms with van der Waals surface area (Å²) in [6.07, 6.45) is 2.47. The van der Waals surface area contributed by atoms with Crippen LogP contribution in [-0.2, 0) is 16.6 Å². The van der Waals surface area contributed by atoms with Gasteiger partial charge in [0.15, 0.2) is 0 Å². The van der Waals surface area contributed by atoms with E-state index in [1.165, 1.54) is 11.8 Å². The lowest BCUT2D eigenvalue weighted by molar-refractivity contribution is -0.122. The molecule has 176 valence electrons. The summed E-state index contributed by atoms with van der Waals surface area (Å²) in [5, 5.41) is 1.02. The number of carbonyl (C=O) groups is 1. The van der Waals surface area contributed by atoms with E-state index in [1.54, 1.807) is 22.6 Å². The molecule has 1 aromatic heterocycles. The number of rotatable bonds is 7. The van der Waals surface area contributed by atoms with Crippen molar-refractivity contribution >= 4 is 56.9 Å². The quantitative estimate of drug-likeness (QED) is 0.339. The van der Waals surface area contributed by atoms with E-state index in [0.29, 0.717) is 34.5 Å². The summed E-state index contributed by atoms with van der Waals surface area (Å²) in [6.45, 7) is 7.20. The number of likely N-dealkylation sites (N-methyl/N-ethyl adjacent to an activating group) is 1. The standard InChI is InChI=1S/C24H30N4O3S2/c1-4-31-15-7-10-28-23(30)20(33-24(28)32)16-18-21(27-13-11-25(2)12-14-27)17-8-5-6-9-19(17)26(3)22(18)29/h5-6,8-9,16H,4,7,10-15H2,1-3H3. The molecule has 0 saturated carbocycles. The molecule has 0 N–H and O–H groups in total. The number of piperazine rings is 1. The van der Waals surface area contributed by atoms with E-state index >= 15 is 0 Å². The lowest BCUT2D eigenvalue weighted by atomic mass is 10.1. The molecule has 3 heterocycles. The van der Waals surface area contributed by atoms with Gasteiger partial charge in [-0.05, 0) is 32.5 Å². The van der Waals surface area contributed by atoms with Crippen molar-refractivity contribution in [1.29, 1.82) is 0 Å². The number of thiocarbonyl (C=S) groups is 1. The number of carbonyl (C=O) groups excluding carboxylic acids is 1. The molecule has 2 aliphatic rings.